The fourth-order valence-electron chi connectivity index (χ4n) is 3.50. The van der Waals surface area contributed by atoms with Gasteiger partial charge in [-0.2, -0.15) is 0 Å². The van der Waals surface area contributed by atoms with Crippen molar-refractivity contribution >= 4 is 11.9 Å². The molecule has 25 heavy (non-hydrogen) atoms. The zero-order valence-electron chi connectivity index (χ0n) is 14.5. The minimum absolute atomic E-state index is 0.165. The van der Waals surface area contributed by atoms with Crippen LogP contribution in [0.1, 0.15) is 19.4 Å². The van der Waals surface area contributed by atoms with Crippen molar-refractivity contribution in [2.75, 3.05) is 13.1 Å². The summed E-state index contributed by atoms with van der Waals surface area (Å²) in [5.74, 6) is -0.767. The average Bonchev–Trinajstić information content (AvgIpc) is 2.90. The smallest absolute Gasteiger partial charge is 0.303 e. The van der Waals surface area contributed by atoms with E-state index in [-0.39, 0.29) is 24.1 Å². The molecular weight excluding hydrogens is 322 g/mol. The largest absolute Gasteiger partial charge is 0.457 e. The van der Waals surface area contributed by atoms with E-state index >= 15 is 0 Å². The molecule has 134 valence electrons. The molecule has 3 rings (SSSR count). The molecule has 4 atom stereocenters. The fourth-order valence-corrected chi connectivity index (χ4v) is 3.50. The highest BCUT2D eigenvalue weighted by atomic mass is 16.6. The van der Waals surface area contributed by atoms with Crippen LogP contribution in [0.2, 0.25) is 0 Å². The van der Waals surface area contributed by atoms with E-state index in [1.807, 2.05) is 42.5 Å². The van der Waals surface area contributed by atoms with Crippen LogP contribution in [-0.2, 0) is 30.4 Å². The van der Waals surface area contributed by atoms with Gasteiger partial charge in [0.1, 0.15) is 0 Å². The first-order valence-corrected chi connectivity index (χ1v) is 8.45. The second-order valence-corrected chi connectivity index (χ2v) is 6.36. The molecule has 2 aliphatic heterocycles. The first kappa shape index (κ1) is 17.6. The molecule has 0 N–H and O–H groups in total. The highest BCUT2D eigenvalue weighted by molar-refractivity contribution is 5.67. The summed E-state index contributed by atoms with van der Waals surface area (Å²) >= 11 is 0. The van der Waals surface area contributed by atoms with Gasteiger partial charge in [0.2, 0.25) is 0 Å². The van der Waals surface area contributed by atoms with Gasteiger partial charge in [0.15, 0.2) is 12.2 Å². The Kier molecular flexibility index (Phi) is 5.50. The molecule has 0 aromatic heterocycles. The Morgan fingerprint density at radius 2 is 1.84 bits per heavy atom. The Bertz CT molecular complexity index is 644. The van der Waals surface area contributed by atoms with Gasteiger partial charge in [-0.3, -0.25) is 14.5 Å². The lowest BCUT2D eigenvalue weighted by molar-refractivity contribution is -0.164. The number of hydrogen-bond acceptors (Lipinski definition) is 6. The van der Waals surface area contributed by atoms with Crippen molar-refractivity contribution in [1.82, 2.24) is 4.90 Å². The van der Waals surface area contributed by atoms with Gasteiger partial charge in [0, 0.05) is 26.9 Å². The zero-order valence-corrected chi connectivity index (χ0v) is 14.5. The van der Waals surface area contributed by atoms with Crippen LogP contribution in [-0.4, -0.2) is 54.3 Å². The van der Waals surface area contributed by atoms with Crippen molar-refractivity contribution in [3.8, 4) is 0 Å². The normalized spacial score (nSPS) is 28.4. The van der Waals surface area contributed by atoms with Gasteiger partial charge in [-0.15, -0.1) is 0 Å². The van der Waals surface area contributed by atoms with Crippen molar-refractivity contribution in [3.05, 3.63) is 48.0 Å². The molecule has 1 aromatic rings. The van der Waals surface area contributed by atoms with Crippen LogP contribution >= 0.6 is 0 Å². The van der Waals surface area contributed by atoms with Gasteiger partial charge in [0.25, 0.3) is 0 Å². The number of benzene rings is 1. The van der Waals surface area contributed by atoms with Crippen LogP contribution in [0.3, 0.4) is 0 Å². The Morgan fingerprint density at radius 1 is 1.12 bits per heavy atom. The minimum Gasteiger partial charge on any atom is -0.457 e. The monoisotopic (exact) mass is 345 g/mol. The molecular formula is C19H23NO5. The number of esters is 2. The third kappa shape index (κ3) is 4.27. The summed E-state index contributed by atoms with van der Waals surface area (Å²) in [7, 11) is 0. The van der Waals surface area contributed by atoms with Crippen LogP contribution in [0.5, 0.6) is 0 Å². The van der Waals surface area contributed by atoms with Crippen molar-refractivity contribution < 1.29 is 23.8 Å². The highest BCUT2D eigenvalue weighted by Gasteiger charge is 2.50. The summed E-state index contributed by atoms with van der Waals surface area (Å²) in [6.07, 6.45) is 2.78. The maximum absolute atomic E-state index is 11.6. The fraction of sp³-hybridized carbons (Fsp3) is 0.474. The van der Waals surface area contributed by atoms with Crippen LogP contribution < -0.4 is 0 Å². The van der Waals surface area contributed by atoms with E-state index in [9.17, 15) is 9.59 Å². The van der Waals surface area contributed by atoms with Gasteiger partial charge < -0.3 is 14.2 Å². The predicted octanol–water partition coefficient (Wildman–Crippen LogP) is 1.69. The molecule has 0 saturated carbocycles. The SMILES string of the molecule is CC(=O)O[C@H]1[C@H]2[C@H](OCc3ccccc3)C=CCN2C[C@H]1OC(C)=O. The molecule has 0 aliphatic carbocycles. The molecule has 1 saturated heterocycles. The topological polar surface area (TPSA) is 65.1 Å². The van der Waals surface area contributed by atoms with Gasteiger partial charge >= 0.3 is 11.9 Å². The maximum Gasteiger partial charge on any atom is 0.303 e. The van der Waals surface area contributed by atoms with Crippen molar-refractivity contribution in [1.29, 1.82) is 0 Å². The lowest BCUT2D eigenvalue weighted by Crippen LogP contribution is -2.49. The molecule has 0 amide bonds. The molecule has 2 aliphatic rings. The zero-order chi connectivity index (χ0) is 17.8. The Labute approximate surface area is 147 Å². The molecule has 0 bridgehead atoms. The van der Waals surface area contributed by atoms with E-state index in [0.717, 1.165) is 5.56 Å². The molecule has 0 radical (unpaired) electrons. The van der Waals surface area contributed by atoms with Gasteiger partial charge in [-0.25, -0.2) is 0 Å². The van der Waals surface area contributed by atoms with E-state index in [2.05, 4.69) is 4.90 Å². The summed E-state index contributed by atoms with van der Waals surface area (Å²) in [6, 6.07) is 9.74. The summed E-state index contributed by atoms with van der Waals surface area (Å²) in [5, 5.41) is 0. The summed E-state index contributed by atoms with van der Waals surface area (Å²) in [4.78, 5) is 25.1. The maximum atomic E-state index is 11.6. The predicted molar refractivity (Wildman–Crippen MR) is 90.6 cm³/mol. The lowest BCUT2D eigenvalue weighted by Gasteiger charge is -2.35. The third-order valence-corrected chi connectivity index (χ3v) is 4.45. The standard InChI is InChI=1S/C19H23NO5/c1-13(21)24-17-11-20-10-6-9-16(18(20)19(17)25-14(2)22)23-12-15-7-4-3-5-8-15/h3-9,16-19H,10-12H2,1-2H3/t16-,17-,18-,19-/m1/s1. The van der Waals surface area contributed by atoms with E-state index in [0.29, 0.717) is 19.7 Å². The number of fused-ring (bicyclic) bond motifs is 1. The van der Waals surface area contributed by atoms with E-state index < -0.39 is 12.2 Å². The number of hydrogen-bond donors (Lipinski definition) is 0. The van der Waals surface area contributed by atoms with Crippen LogP contribution in [0.25, 0.3) is 0 Å². The Hall–Kier alpha value is -2.18. The number of carbonyl (C=O) groups excluding carboxylic acids is 2. The van der Waals surface area contributed by atoms with Crippen molar-refractivity contribution in [2.45, 2.75) is 44.8 Å². The Morgan fingerprint density at radius 3 is 2.52 bits per heavy atom. The van der Waals surface area contributed by atoms with E-state index in [1.54, 1.807) is 0 Å². The quantitative estimate of drug-likeness (QED) is 0.598. The second kappa shape index (κ2) is 7.80. The number of nitrogens with zero attached hydrogens (tertiary/aromatic N) is 1. The van der Waals surface area contributed by atoms with Gasteiger partial charge in [-0.05, 0) is 5.56 Å². The lowest BCUT2D eigenvalue weighted by atomic mass is 10.0. The van der Waals surface area contributed by atoms with E-state index in [1.165, 1.54) is 13.8 Å². The molecule has 6 heteroatoms. The van der Waals surface area contributed by atoms with Gasteiger partial charge in [0.05, 0.1) is 18.8 Å². The first-order valence-electron chi connectivity index (χ1n) is 8.45. The molecule has 0 unspecified atom stereocenters. The Balaban J connectivity index is 1.74. The molecule has 2 heterocycles. The van der Waals surface area contributed by atoms with Crippen LogP contribution in [0, 0.1) is 0 Å². The number of carbonyl (C=O) groups is 2. The van der Waals surface area contributed by atoms with Crippen LogP contribution in [0.15, 0.2) is 42.5 Å². The minimum atomic E-state index is -0.535. The average molecular weight is 345 g/mol. The molecule has 0 spiro atoms. The van der Waals surface area contributed by atoms with Crippen molar-refractivity contribution in [2.24, 2.45) is 0 Å². The van der Waals surface area contributed by atoms with Gasteiger partial charge in [-0.1, -0.05) is 42.5 Å². The third-order valence-electron chi connectivity index (χ3n) is 4.45. The second-order valence-electron chi connectivity index (χ2n) is 6.36. The highest BCUT2D eigenvalue weighted by Crippen LogP contribution is 2.31. The number of rotatable bonds is 5. The van der Waals surface area contributed by atoms with Crippen LogP contribution in [0.4, 0.5) is 0 Å². The first-order chi connectivity index (χ1) is 12.0. The molecule has 1 fully saturated rings. The summed E-state index contributed by atoms with van der Waals surface area (Å²) in [6.45, 7) is 4.43. The molecule has 6 nitrogen and oxygen atoms in total. The van der Waals surface area contributed by atoms with E-state index in [4.69, 9.17) is 14.2 Å². The van der Waals surface area contributed by atoms with Crippen molar-refractivity contribution in [3.63, 3.8) is 0 Å². The summed E-state index contributed by atoms with van der Waals surface area (Å²) < 4.78 is 17.0. The molecule has 1 aromatic carbocycles. The summed E-state index contributed by atoms with van der Waals surface area (Å²) in [5.41, 5.74) is 1.08. The number of ether oxygens (including phenoxy) is 3.